The first kappa shape index (κ1) is 9.84. The molecular formula is C10H15NO2. The SMILES string of the molecule is Cc1c[nH]c(C)c1C(C)CC(=O)O. The van der Waals surface area contributed by atoms with Gasteiger partial charge in [0.25, 0.3) is 0 Å². The van der Waals surface area contributed by atoms with Crippen molar-refractivity contribution in [2.24, 2.45) is 0 Å². The Morgan fingerprint density at radius 1 is 1.62 bits per heavy atom. The molecule has 72 valence electrons. The third-order valence-corrected chi connectivity index (χ3v) is 2.31. The first-order valence-corrected chi connectivity index (χ1v) is 4.38. The van der Waals surface area contributed by atoms with Crippen molar-refractivity contribution in [3.63, 3.8) is 0 Å². The number of carboxylic acid groups (broad SMARTS) is 1. The fourth-order valence-electron chi connectivity index (χ4n) is 1.79. The summed E-state index contributed by atoms with van der Waals surface area (Å²) in [7, 11) is 0. The van der Waals surface area contributed by atoms with Crippen LogP contribution in [0.4, 0.5) is 0 Å². The molecule has 0 aliphatic carbocycles. The van der Waals surface area contributed by atoms with Crippen LogP contribution in [0.15, 0.2) is 6.20 Å². The molecule has 0 aromatic carbocycles. The molecule has 0 aliphatic rings. The van der Waals surface area contributed by atoms with E-state index in [9.17, 15) is 4.79 Å². The Bertz CT molecular complexity index is 295. The monoisotopic (exact) mass is 181 g/mol. The number of aryl methyl sites for hydroxylation is 2. The Labute approximate surface area is 77.8 Å². The van der Waals surface area contributed by atoms with Gasteiger partial charge in [-0.25, -0.2) is 0 Å². The lowest BCUT2D eigenvalue weighted by molar-refractivity contribution is -0.137. The molecule has 0 saturated carbocycles. The van der Waals surface area contributed by atoms with Crippen LogP contribution in [0.2, 0.25) is 0 Å². The largest absolute Gasteiger partial charge is 0.481 e. The summed E-state index contributed by atoms with van der Waals surface area (Å²) < 4.78 is 0. The van der Waals surface area contributed by atoms with Crippen LogP contribution in [-0.2, 0) is 4.79 Å². The quantitative estimate of drug-likeness (QED) is 0.751. The summed E-state index contributed by atoms with van der Waals surface area (Å²) in [6.45, 7) is 5.91. The average molecular weight is 181 g/mol. The molecule has 2 N–H and O–H groups in total. The zero-order valence-corrected chi connectivity index (χ0v) is 8.22. The lowest BCUT2D eigenvalue weighted by Crippen LogP contribution is -2.04. The number of carboxylic acids is 1. The van der Waals surface area contributed by atoms with E-state index in [4.69, 9.17) is 5.11 Å². The molecule has 3 nitrogen and oxygen atoms in total. The second kappa shape index (κ2) is 3.64. The maximum absolute atomic E-state index is 10.5. The number of nitrogens with one attached hydrogen (secondary N) is 1. The van der Waals surface area contributed by atoms with E-state index >= 15 is 0 Å². The third kappa shape index (κ3) is 2.11. The van der Waals surface area contributed by atoms with Crippen LogP contribution in [0.25, 0.3) is 0 Å². The van der Waals surface area contributed by atoms with Gasteiger partial charge in [0.05, 0.1) is 6.42 Å². The zero-order chi connectivity index (χ0) is 10.0. The summed E-state index contributed by atoms with van der Waals surface area (Å²) >= 11 is 0. The van der Waals surface area contributed by atoms with Gasteiger partial charge in [0.2, 0.25) is 0 Å². The molecule has 0 aliphatic heterocycles. The number of carbonyl (C=O) groups is 1. The first-order chi connectivity index (χ1) is 6.02. The maximum atomic E-state index is 10.5. The van der Waals surface area contributed by atoms with Crippen molar-refractivity contribution in [2.45, 2.75) is 33.1 Å². The van der Waals surface area contributed by atoms with Gasteiger partial charge in [-0.3, -0.25) is 4.79 Å². The molecule has 1 heterocycles. The van der Waals surface area contributed by atoms with Gasteiger partial charge in [-0.2, -0.15) is 0 Å². The predicted octanol–water partition coefficient (Wildman–Crippen LogP) is 2.21. The molecule has 1 aromatic heterocycles. The van der Waals surface area contributed by atoms with E-state index in [1.807, 2.05) is 27.0 Å². The van der Waals surface area contributed by atoms with E-state index in [1.165, 1.54) is 0 Å². The van der Waals surface area contributed by atoms with E-state index < -0.39 is 5.97 Å². The lowest BCUT2D eigenvalue weighted by atomic mass is 9.95. The van der Waals surface area contributed by atoms with Gasteiger partial charge in [0, 0.05) is 11.9 Å². The minimum absolute atomic E-state index is 0.0868. The average Bonchev–Trinajstić information content (AvgIpc) is 2.29. The minimum Gasteiger partial charge on any atom is -0.481 e. The van der Waals surface area contributed by atoms with Crippen LogP contribution >= 0.6 is 0 Å². The minimum atomic E-state index is -0.743. The van der Waals surface area contributed by atoms with Crippen molar-refractivity contribution in [3.8, 4) is 0 Å². The van der Waals surface area contributed by atoms with Gasteiger partial charge < -0.3 is 10.1 Å². The molecule has 0 bridgehead atoms. The Morgan fingerprint density at radius 3 is 2.62 bits per heavy atom. The fraction of sp³-hybridized carbons (Fsp3) is 0.500. The van der Waals surface area contributed by atoms with Crippen molar-refractivity contribution in [2.75, 3.05) is 0 Å². The van der Waals surface area contributed by atoms with Gasteiger partial charge in [0.15, 0.2) is 0 Å². The van der Waals surface area contributed by atoms with Crippen LogP contribution in [-0.4, -0.2) is 16.1 Å². The van der Waals surface area contributed by atoms with Crippen LogP contribution < -0.4 is 0 Å². The Balaban J connectivity index is 2.87. The van der Waals surface area contributed by atoms with Gasteiger partial charge in [-0.15, -0.1) is 0 Å². The van der Waals surface area contributed by atoms with Gasteiger partial charge in [-0.05, 0) is 30.9 Å². The van der Waals surface area contributed by atoms with E-state index in [0.717, 1.165) is 16.8 Å². The molecule has 0 spiro atoms. The van der Waals surface area contributed by atoms with Crippen molar-refractivity contribution >= 4 is 5.97 Å². The number of aliphatic carboxylic acids is 1. The fourth-order valence-corrected chi connectivity index (χ4v) is 1.79. The molecule has 0 saturated heterocycles. The van der Waals surface area contributed by atoms with Gasteiger partial charge >= 0.3 is 5.97 Å². The standard InChI is InChI=1S/C10H15NO2/c1-6(4-9(12)13)10-7(2)5-11-8(10)3/h5-6,11H,4H2,1-3H3,(H,12,13). The van der Waals surface area contributed by atoms with Gasteiger partial charge in [0.1, 0.15) is 0 Å². The Morgan fingerprint density at radius 2 is 2.23 bits per heavy atom. The van der Waals surface area contributed by atoms with Crippen LogP contribution in [0.3, 0.4) is 0 Å². The van der Waals surface area contributed by atoms with E-state index in [2.05, 4.69) is 4.98 Å². The van der Waals surface area contributed by atoms with Crippen LogP contribution in [0, 0.1) is 13.8 Å². The summed E-state index contributed by atoms with van der Waals surface area (Å²) in [5.41, 5.74) is 3.36. The van der Waals surface area contributed by atoms with Crippen molar-refractivity contribution in [1.29, 1.82) is 0 Å². The van der Waals surface area contributed by atoms with E-state index in [1.54, 1.807) is 0 Å². The lowest BCUT2D eigenvalue weighted by Gasteiger charge is -2.09. The molecule has 1 atom stereocenters. The molecule has 1 rings (SSSR count). The highest BCUT2D eigenvalue weighted by molar-refractivity contribution is 5.68. The summed E-state index contributed by atoms with van der Waals surface area (Å²) in [4.78, 5) is 13.6. The first-order valence-electron chi connectivity index (χ1n) is 4.38. The molecule has 0 amide bonds. The van der Waals surface area contributed by atoms with Crippen molar-refractivity contribution < 1.29 is 9.90 Å². The topological polar surface area (TPSA) is 53.1 Å². The normalized spacial score (nSPS) is 12.8. The van der Waals surface area contributed by atoms with Gasteiger partial charge in [-0.1, -0.05) is 6.92 Å². The highest BCUT2D eigenvalue weighted by atomic mass is 16.4. The van der Waals surface area contributed by atoms with Crippen molar-refractivity contribution in [3.05, 3.63) is 23.0 Å². The van der Waals surface area contributed by atoms with Crippen LogP contribution in [0.1, 0.15) is 36.1 Å². The molecular weight excluding hydrogens is 166 g/mol. The molecule has 1 unspecified atom stereocenters. The number of hydrogen-bond donors (Lipinski definition) is 2. The van der Waals surface area contributed by atoms with Crippen molar-refractivity contribution in [1.82, 2.24) is 4.98 Å². The number of aromatic amines is 1. The molecule has 0 fully saturated rings. The number of rotatable bonds is 3. The Hall–Kier alpha value is -1.25. The second-order valence-electron chi connectivity index (χ2n) is 3.51. The zero-order valence-electron chi connectivity index (χ0n) is 8.22. The van der Waals surface area contributed by atoms with E-state index in [0.29, 0.717) is 0 Å². The summed E-state index contributed by atoms with van der Waals surface area (Å²) in [5.74, 6) is -0.656. The van der Waals surface area contributed by atoms with E-state index in [-0.39, 0.29) is 12.3 Å². The number of H-pyrrole nitrogens is 1. The highest BCUT2D eigenvalue weighted by Crippen LogP contribution is 2.25. The third-order valence-electron chi connectivity index (χ3n) is 2.31. The predicted molar refractivity (Wildman–Crippen MR) is 50.9 cm³/mol. The van der Waals surface area contributed by atoms with Crippen LogP contribution in [0.5, 0.6) is 0 Å². The Kier molecular flexibility index (Phi) is 2.76. The summed E-state index contributed by atoms with van der Waals surface area (Å²) in [6.07, 6.45) is 2.11. The number of aromatic nitrogens is 1. The molecule has 3 heteroatoms. The smallest absolute Gasteiger partial charge is 0.303 e. The summed E-state index contributed by atoms with van der Waals surface area (Å²) in [6, 6.07) is 0. The molecule has 0 radical (unpaired) electrons. The molecule has 1 aromatic rings. The summed E-state index contributed by atoms with van der Waals surface area (Å²) in [5, 5.41) is 8.65. The highest BCUT2D eigenvalue weighted by Gasteiger charge is 2.15. The molecule has 13 heavy (non-hydrogen) atoms. The maximum Gasteiger partial charge on any atom is 0.303 e. The second-order valence-corrected chi connectivity index (χ2v) is 3.51. The number of hydrogen-bond acceptors (Lipinski definition) is 1.